The van der Waals surface area contributed by atoms with Crippen LogP contribution in [0.5, 0.6) is 5.75 Å². The van der Waals surface area contributed by atoms with Gasteiger partial charge in [-0.05, 0) is 35.6 Å². The molecule has 1 aliphatic rings. The summed E-state index contributed by atoms with van der Waals surface area (Å²) in [6.45, 7) is 0. The summed E-state index contributed by atoms with van der Waals surface area (Å²) in [4.78, 5) is 23.9. The highest BCUT2D eigenvalue weighted by Gasteiger charge is 2.44. The smallest absolute Gasteiger partial charge is 0.326 e. The third kappa shape index (κ3) is 4.18. The van der Waals surface area contributed by atoms with E-state index < -0.39 is 12.0 Å². The van der Waals surface area contributed by atoms with E-state index in [9.17, 15) is 14.7 Å². The second-order valence-electron chi connectivity index (χ2n) is 6.31. The van der Waals surface area contributed by atoms with Gasteiger partial charge in [-0.15, -0.1) is 0 Å². The van der Waals surface area contributed by atoms with Crippen LogP contribution in [0.2, 0.25) is 0 Å². The van der Waals surface area contributed by atoms with Crippen LogP contribution >= 0.6 is 0 Å². The summed E-state index contributed by atoms with van der Waals surface area (Å²) in [6.07, 6.45) is 1.03. The number of benzene rings is 2. The fraction of sp³-hybridized carbons (Fsp3) is 0.300. The van der Waals surface area contributed by atoms with E-state index in [4.69, 9.17) is 4.74 Å². The zero-order valence-corrected chi connectivity index (χ0v) is 14.0. The number of aliphatic carboxylic acids is 1. The number of methoxy groups -OCH3 is 1. The van der Waals surface area contributed by atoms with Crippen molar-refractivity contribution in [3.8, 4) is 5.75 Å². The molecule has 2 aromatic carbocycles. The molecule has 0 spiro atoms. The van der Waals surface area contributed by atoms with Crippen molar-refractivity contribution >= 4 is 11.9 Å². The van der Waals surface area contributed by atoms with E-state index in [-0.39, 0.29) is 24.2 Å². The van der Waals surface area contributed by atoms with Gasteiger partial charge in [0, 0.05) is 12.3 Å². The van der Waals surface area contributed by atoms with Crippen molar-refractivity contribution in [1.82, 2.24) is 5.32 Å². The van der Waals surface area contributed by atoms with Gasteiger partial charge in [-0.2, -0.15) is 0 Å². The maximum absolute atomic E-state index is 12.4. The molecule has 5 heteroatoms. The number of rotatable bonds is 7. The first-order valence-corrected chi connectivity index (χ1v) is 8.29. The quantitative estimate of drug-likeness (QED) is 0.813. The Labute approximate surface area is 146 Å². The van der Waals surface area contributed by atoms with Gasteiger partial charge in [0.2, 0.25) is 5.91 Å². The molecule has 3 rings (SSSR count). The Kier molecular flexibility index (Phi) is 5.03. The van der Waals surface area contributed by atoms with E-state index in [0.717, 1.165) is 23.3 Å². The predicted octanol–water partition coefficient (Wildman–Crippen LogP) is 2.61. The number of carboxylic acids is 1. The standard InChI is InChI=1S/C20H21NO4/c1-25-15-9-7-14(8-10-15)16-12-17(16)19(22)21-18(20(23)24)11-13-5-3-2-4-6-13/h2-10,16-18H,11-12H2,1H3,(H,21,22)(H,23,24). The van der Waals surface area contributed by atoms with Gasteiger partial charge in [-0.25, -0.2) is 4.79 Å². The molecule has 0 saturated heterocycles. The van der Waals surface area contributed by atoms with E-state index in [1.54, 1.807) is 7.11 Å². The summed E-state index contributed by atoms with van der Waals surface area (Å²) in [6, 6.07) is 16.1. The van der Waals surface area contributed by atoms with Crippen LogP contribution in [0.4, 0.5) is 0 Å². The molecule has 0 aromatic heterocycles. The lowest BCUT2D eigenvalue weighted by atomic mass is 10.1. The molecule has 0 aliphatic heterocycles. The molecule has 1 amide bonds. The van der Waals surface area contributed by atoms with Crippen molar-refractivity contribution < 1.29 is 19.4 Å². The zero-order valence-electron chi connectivity index (χ0n) is 14.0. The average Bonchev–Trinajstić information content (AvgIpc) is 3.43. The van der Waals surface area contributed by atoms with E-state index >= 15 is 0 Å². The third-order valence-electron chi connectivity index (χ3n) is 4.57. The van der Waals surface area contributed by atoms with Crippen LogP contribution in [0.3, 0.4) is 0 Å². The van der Waals surface area contributed by atoms with Gasteiger partial charge in [-0.3, -0.25) is 4.79 Å². The molecular formula is C20H21NO4. The SMILES string of the molecule is COc1ccc(C2CC2C(=O)NC(Cc2ccccc2)C(=O)O)cc1. The minimum atomic E-state index is -1.01. The number of nitrogens with one attached hydrogen (secondary N) is 1. The summed E-state index contributed by atoms with van der Waals surface area (Å²) in [7, 11) is 1.61. The van der Waals surface area contributed by atoms with Crippen LogP contribution in [-0.2, 0) is 16.0 Å². The Hall–Kier alpha value is -2.82. The lowest BCUT2D eigenvalue weighted by Gasteiger charge is -2.14. The van der Waals surface area contributed by atoms with Crippen molar-refractivity contribution in [1.29, 1.82) is 0 Å². The van der Waals surface area contributed by atoms with Crippen molar-refractivity contribution in [2.45, 2.75) is 24.8 Å². The van der Waals surface area contributed by atoms with Crippen molar-refractivity contribution in [2.24, 2.45) is 5.92 Å². The van der Waals surface area contributed by atoms with Crippen LogP contribution in [0.15, 0.2) is 54.6 Å². The van der Waals surface area contributed by atoms with Gasteiger partial charge in [-0.1, -0.05) is 42.5 Å². The number of hydrogen-bond acceptors (Lipinski definition) is 3. The van der Waals surface area contributed by atoms with E-state index in [1.807, 2.05) is 54.6 Å². The van der Waals surface area contributed by atoms with Gasteiger partial charge < -0.3 is 15.2 Å². The highest BCUT2D eigenvalue weighted by molar-refractivity contribution is 5.87. The molecule has 2 N–H and O–H groups in total. The van der Waals surface area contributed by atoms with Crippen molar-refractivity contribution in [3.05, 3.63) is 65.7 Å². The fourth-order valence-electron chi connectivity index (χ4n) is 3.03. The van der Waals surface area contributed by atoms with E-state index in [0.29, 0.717) is 0 Å². The summed E-state index contributed by atoms with van der Waals surface area (Å²) in [5, 5.41) is 12.1. The molecule has 3 atom stereocenters. The first-order valence-electron chi connectivity index (χ1n) is 8.29. The van der Waals surface area contributed by atoms with Crippen molar-refractivity contribution in [3.63, 3.8) is 0 Å². The first kappa shape index (κ1) is 17.0. The summed E-state index contributed by atoms with van der Waals surface area (Å²) < 4.78 is 5.13. The molecular weight excluding hydrogens is 318 g/mol. The molecule has 3 unspecified atom stereocenters. The Balaban J connectivity index is 1.59. The number of carbonyl (C=O) groups excluding carboxylic acids is 1. The average molecular weight is 339 g/mol. The Morgan fingerprint density at radius 3 is 2.44 bits per heavy atom. The number of ether oxygens (including phenoxy) is 1. The molecule has 25 heavy (non-hydrogen) atoms. The molecule has 130 valence electrons. The van der Waals surface area contributed by atoms with Gasteiger partial charge in [0.1, 0.15) is 11.8 Å². The minimum Gasteiger partial charge on any atom is -0.497 e. The van der Waals surface area contributed by atoms with Gasteiger partial charge in [0.05, 0.1) is 7.11 Å². The third-order valence-corrected chi connectivity index (χ3v) is 4.57. The van der Waals surface area contributed by atoms with E-state index in [1.165, 1.54) is 0 Å². The predicted molar refractivity (Wildman–Crippen MR) is 93.6 cm³/mol. The topological polar surface area (TPSA) is 75.6 Å². The maximum atomic E-state index is 12.4. The largest absolute Gasteiger partial charge is 0.497 e. The molecule has 1 saturated carbocycles. The highest BCUT2D eigenvalue weighted by Crippen LogP contribution is 2.47. The van der Waals surface area contributed by atoms with Gasteiger partial charge >= 0.3 is 5.97 Å². The highest BCUT2D eigenvalue weighted by atomic mass is 16.5. The second kappa shape index (κ2) is 7.38. The minimum absolute atomic E-state index is 0.150. The molecule has 2 aromatic rings. The van der Waals surface area contributed by atoms with Crippen LogP contribution in [0, 0.1) is 5.92 Å². The van der Waals surface area contributed by atoms with Crippen LogP contribution in [0.25, 0.3) is 0 Å². The van der Waals surface area contributed by atoms with Crippen LogP contribution in [0.1, 0.15) is 23.5 Å². The van der Waals surface area contributed by atoms with E-state index in [2.05, 4.69) is 5.32 Å². The Morgan fingerprint density at radius 1 is 1.16 bits per heavy atom. The normalized spacial score (nSPS) is 19.7. The van der Waals surface area contributed by atoms with Gasteiger partial charge in [0.15, 0.2) is 0 Å². The molecule has 0 radical (unpaired) electrons. The number of hydrogen-bond donors (Lipinski definition) is 2. The zero-order chi connectivity index (χ0) is 17.8. The summed E-state index contributed by atoms with van der Waals surface area (Å²) >= 11 is 0. The molecule has 0 bridgehead atoms. The molecule has 1 aliphatic carbocycles. The van der Waals surface area contributed by atoms with Gasteiger partial charge in [0.25, 0.3) is 0 Å². The summed E-state index contributed by atoms with van der Waals surface area (Å²) in [5.74, 6) is -0.440. The maximum Gasteiger partial charge on any atom is 0.326 e. The fourth-order valence-corrected chi connectivity index (χ4v) is 3.03. The Bertz CT molecular complexity index is 742. The van der Waals surface area contributed by atoms with Crippen LogP contribution in [-0.4, -0.2) is 30.1 Å². The molecule has 1 fully saturated rings. The first-order chi connectivity index (χ1) is 12.1. The Morgan fingerprint density at radius 2 is 1.84 bits per heavy atom. The molecule has 5 nitrogen and oxygen atoms in total. The lowest BCUT2D eigenvalue weighted by molar-refractivity contribution is -0.142. The monoisotopic (exact) mass is 339 g/mol. The second-order valence-corrected chi connectivity index (χ2v) is 6.31. The van der Waals surface area contributed by atoms with Crippen molar-refractivity contribution in [2.75, 3.05) is 7.11 Å². The number of amides is 1. The number of carbonyl (C=O) groups is 2. The molecule has 0 heterocycles. The number of carboxylic acid groups (broad SMARTS) is 1. The van der Waals surface area contributed by atoms with Crippen LogP contribution < -0.4 is 10.1 Å². The summed E-state index contributed by atoms with van der Waals surface area (Å²) in [5.41, 5.74) is 1.97. The lowest BCUT2D eigenvalue weighted by Crippen LogP contribution is -2.43.